The Labute approximate surface area is 150 Å². The summed E-state index contributed by atoms with van der Waals surface area (Å²) in [5.74, 6) is 0.101. The Morgan fingerprint density at radius 2 is 2.00 bits per heavy atom. The van der Waals surface area contributed by atoms with Gasteiger partial charge in [-0.1, -0.05) is 5.16 Å². The quantitative estimate of drug-likeness (QED) is 0.741. The molecule has 0 spiro atoms. The summed E-state index contributed by atoms with van der Waals surface area (Å²) in [7, 11) is 0. The molecule has 1 aromatic carbocycles. The average molecular weight is 353 g/mol. The SMILES string of the molecule is O=C(Nc1ccc(-n2cnnn2)cc1)C1CCN(Cc2ccon2)CC1. The van der Waals surface area contributed by atoms with Crippen molar-refractivity contribution in [2.45, 2.75) is 19.4 Å². The fourth-order valence-electron chi connectivity index (χ4n) is 3.12. The number of nitrogens with zero attached hydrogens (tertiary/aromatic N) is 6. The molecule has 0 saturated carbocycles. The maximum Gasteiger partial charge on any atom is 0.227 e. The molecule has 1 aliphatic heterocycles. The van der Waals surface area contributed by atoms with Gasteiger partial charge >= 0.3 is 0 Å². The third-order valence-corrected chi connectivity index (χ3v) is 4.58. The molecule has 0 unspecified atom stereocenters. The number of hydrogen-bond donors (Lipinski definition) is 1. The van der Waals surface area contributed by atoms with Crippen LogP contribution in [0.25, 0.3) is 5.69 Å². The number of benzene rings is 1. The van der Waals surface area contributed by atoms with Gasteiger partial charge in [-0.3, -0.25) is 9.69 Å². The first-order chi connectivity index (χ1) is 12.8. The lowest BCUT2D eigenvalue weighted by Crippen LogP contribution is -2.37. The molecule has 1 N–H and O–H groups in total. The summed E-state index contributed by atoms with van der Waals surface area (Å²) in [6.07, 6.45) is 4.79. The molecule has 0 bridgehead atoms. The molecule has 1 saturated heterocycles. The minimum absolute atomic E-state index is 0.0303. The molecule has 4 rings (SSSR count). The Hall–Kier alpha value is -3.07. The van der Waals surface area contributed by atoms with Gasteiger partial charge in [0.2, 0.25) is 5.91 Å². The van der Waals surface area contributed by atoms with Crippen LogP contribution in [0.1, 0.15) is 18.5 Å². The number of tetrazole rings is 1. The van der Waals surface area contributed by atoms with E-state index in [2.05, 4.69) is 30.9 Å². The summed E-state index contributed by atoms with van der Waals surface area (Å²) < 4.78 is 6.43. The summed E-state index contributed by atoms with van der Waals surface area (Å²) in [6, 6.07) is 9.32. The van der Waals surface area contributed by atoms with Crippen LogP contribution in [0.15, 0.2) is 47.4 Å². The summed E-state index contributed by atoms with van der Waals surface area (Å²) in [4.78, 5) is 14.8. The number of amides is 1. The van der Waals surface area contributed by atoms with Gasteiger partial charge in [-0.15, -0.1) is 5.10 Å². The molecule has 1 amide bonds. The first-order valence-electron chi connectivity index (χ1n) is 8.54. The molecule has 26 heavy (non-hydrogen) atoms. The van der Waals surface area contributed by atoms with E-state index in [0.29, 0.717) is 0 Å². The number of carbonyl (C=O) groups excluding carboxylic acids is 1. The fraction of sp³-hybridized carbons (Fsp3) is 0.353. The number of hydrogen-bond acceptors (Lipinski definition) is 7. The maximum atomic E-state index is 12.5. The highest BCUT2D eigenvalue weighted by Gasteiger charge is 2.25. The number of likely N-dealkylation sites (tertiary alicyclic amines) is 1. The van der Waals surface area contributed by atoms with Gasteiger partial charge in [0, 0.05) is 24.2 Å². The van der Waals surface area contributed by atoms with Crippen molar-refractivity contribution in [3.63, 3.8) is 0 Å². The monoisotopic (exact) mass is 353 g/mol. The van der Waals surface area contributed by atoms with Crippen LogP contribution in [0.3, 0.4) is 0 Å². The summed E-state index contributed by atoms with van der Waals surface area (Å²) in [6.45, 7) is 2.52. The van der Waals surface area contributed by atoms with E-state index in [1.165, 1.54) is 6.33 Å². The van der Waals surface area contributed by atoms with Crippen molar-refractivity contribution in [1.29, 1.82) is 0 Å². The second-order valence-corrected chi connectivity index (χ2v) is 6.33. The van der Waals surface area contributed by atoms with E-state index in [9.17, 15) is 4.79 Å². The van der Waals surface area contributed by atoms with Crippen LogP contribution in [0, 0.1) is 5.92 Å². The fourth-order valence-corrected chi connectivity index (χ4v) is 3.12. The minimum atomic E-state index is 0.0303. The van der Waals surface area contributed by atoms with Gasteiger partial charge in [-0.25, -0.2) is 4.68 Å². The van der Waals surface area contributed by atoms with E-state index in [1.807, 2.05) is 30.3 Å². The highest BCUT2D eigenvalue weighted by Crippen LogP contribution is 2.21. The van der Waals surface area contributed by atoms with Crippen LogP contribution in [0.4, 0.5) is 5.69 Å². The zero-order valence-corrected chi connectivity index (χ0v) is 14.2. The van der Waals surface area contributed by atoms with Gasteiger partial charge in [-0.2, -0.15) is 0 Å². The van der Waals surface area contributed by atoms with Crippen LogP contribution >= 0.6 is 0 Å². The van der Waals surface area contributed by atoms with E-state index in [1.54, 1.807) is 10.9 Å². The topological polar surface area (TPSA) is 102 Å². The standard InChI is InChI=1S/C17H19N7O2/c25-17(13-5-8-23(9-6-13)11-15-7-10-26-20-15)19-14-1-3-16(4-2-14)24-12-18-21-22-24/h1-4,7,10,12-13H,5-6,8-9,11H2,(H,19,25). The number of aromatic nitrogens is 5. The molecule has 0 aliphatic carbocycles. The van der Waals surface area contributed by atoms with E-state index in [0.717, 1.165) is 49.5 Å². The molecular formula is C17H19N7O2. The van der Waals surface area contributed by atoms with Gasteiger partial charge < -0.3 is 9.84 Å². The third-order valence-electron chi connectivity index (χ3n) is 4.58. The predicted octanol–water partition coefficient (Wildman–Crippen LogP) is 1.50. The van der Waals surface area contributed by atoms with Gasteiger partial charge in [0.05, 0.1) is 11.4 Å². The Bertz CT molecular complexity index is 823. The molecule has 9 nitrogen and oxygen atoms in total. The molecule has 3 aromatic rings. The largest absolute Gasteiger partial charge is 0.364 e. The summed E-state index contributed by atoms with van der Waals surface area (Å²) in [5.41, 5.74) is 2.54. The van der Waals surface area contributed by atoms with Gasteiger partial charge in [0.1, 0.15) is 12.6 Å². The second kappa shape index (κ2) is 7.44. The number of carbonyl (C=O) groups is 1. The zero-order chi connectivity index (χ0) is 17.8. The normalized spacial score (nSPS) is 15.8. The zero-order valence-electron chi connectivity index (χ0n) is 14.2. The molecule has 134 valence electrons. The highest BCUT2D eigenvalue weighted by atomic mass is 16.5. The maximum absolute atomic E-state index is 12.5. The molecule has 3 heterocycles. The Balaban J connectivity index is 1.28. The van der Waals surface area contributed by atoms with Crippen LogP contribution in [0.2, 0.25) is 0 Å². The van der Waals surface area contributed by atoms with Crippen molar-refractivity contribution < 1.29 is 9.32 Å². The molecular weight excluding hydrogens is 334 g/mol. The van der Waals surface area contributed by atoms with Crippen molar-refractivity contribution in [2.24, 2.45) is 5.92 Å². The van der Waals surface area contributed by atoms with Crippen molar-refractivity contribution >= 4 is 11.6 Å². The Kier molecular flexibility index (Phi) is 4.69. The number of anilines is 1. The highest BCUT2D eigenvalue weighted by molar-refractivity contribution is 5.92. The Morgan fingerprint density at radius 3 is 2.65 bits per heavy atom. The molecule has 1 fully saturated rings. The van der Waals surface area contributed by atoms with Gasteiger partial charge in [0.15, 0.2) is 0 Å². The van der Waals surface area contributed by atoms with Crippen LogP contribution in [0.5, 0.6) is 0 Å². The predicted molar refractivity (Wildman–Crippen MR) is 92.3 cm³/mol. The van der Waals surface area contributed by atoms with E-state index in [4.69, 9.17) is 4.52 Å². The van der Waals surface area contributed by atoms with Crippen LogP contribution in [-0.2, 0) is 11.3 Å². The van der Waals surface area contributed by atoms with E-state index >= 15 is 0 Å². The summed E-state index contributed by atoms with van der Waals surface area (Å²) in [5, 5.41) is 18.0. The second-order valence-electron chi connectivity index (χ2n) is 6.33. The number of piperidine rings is 1. The van der Waals surface area contributed by atoms with E-state index < -0.39 is 0 Å². The van der Waals surface area contributed by atoms with Crippen LogP contribution < -0.4 is 5.32 Å². The first kappa shape index (κ1) is 16.4. The molecule has 2 aromatic heterocycles. The van der Waals surface area contributed by atoms with Crippen molar-refractivity contribution in [3.8, 4) is 5.69 Å². The molecule has 0 radical (unpaired) electrons. The Morgan fingerprint density at radius 1 is 1.19 bits per heavy atom. The average Bonchev–Trinajstić information content (AvgIpc) is 3.37. The molecule has 0 atom stereocenters. The number of nitrogens with one attached hydrogen (secondary N) is 1. The van der Waals surface area contributed by atoms with Crippen molar-refractivity contribution in [1.82, 2.24) is 30.3 Å². The van der Waals surface area contributed by atoms with Crippen molar-refractivity contribution in [2.75, 3.05) is 18.4 Å². The lowest BCUT2D eigenvalue weighted by atomic mass is 9.95. The number of rotatable bonds is 5. The van der Waals surface area contributed by atoms with E-state index in [-0.39, 0.29) is 11.8 Å². The minimum Gasteiger partial charge on any atom is -0.364 e. The summed E-state index contributed by atoms with van der Waals surface area (Å²) >= 11 is 0. The van der Waals surface area contributed by atoms with Gasteiger partial charge in [-0.05, 0) is 60.6 Å². The smallest absolute Gasteiger partial charge is 0.227 e. The molecule has 1 aliphatic rings. The molecule has 9 heteroatoms. The lowest BCUT2D eigenvalue weighted by Gasteiger charge is -2.30. The third kappa shape index (κ3) is 3.77. The van der Waals surface area contributed by atoms with Crippen molar-refractivity contribution in [3.05, 3.63) is 48.6 Å². The lowest BCUT2D eigenvalue weighted by molar-refractivity contribution is -0.121. The van der Waals surface area contributed by atoms with Crippen LogP contribution in [-0.4, -0.2) is 49.3 Å². The van der Waals surface area contributed by atoms with Gasteiger partial charge in [0.25, 0.3) is 0 Å². The first-order valence-corrected chi connectivity index (χ1v) is 8.54.